The van der Waals surface area contributed by atoms with Crippen molar-refractivity contribution in [3.05, 3.63) is 28.8 Å². The minimum atomic E-state index is -0.730. The summed E-state index contributed by atoms with van der Waals surface area (Å²) in [6, 6.07) is 5.01. The van der Waals surface area contributed by atoms with Crippen LogP contribution in [0.5, 0.6) is 5.75 Å². The molecular weight excluding hydrogens is 380 g/mol. The Morgan fingerprint density at radius 1 is 1.33 bits per heavy atom. The lowest BCUT2D eigenvalue weighted by atomic mass is 9.69. The molecule has 0 radical (unpaired) electrons. The van der Waals surface area contributed by atoms with Crippen LogP contribution in [0.2, 0.25) is 0 Å². The van der Waals surface area contributed by atoms with Gasteiger partial charge in [-0.1, -0.05) is 0 Å². The van der Waals surface area contributed by atoms with Crippen LogP contribution in [0.3, 0.4) is 0 Å². The number of amides is 1. The number of quaternary nitrogens is 1. The van der Waals surface area contributed by atoms with Crippen LogP contribution < -0.4 is 10.1 Å². The van der Waals surface area contributed by atoms with Crippen molar-refractivity contribution in [2.45, 2.75) is 77.4 Å². The Morgan fingerprint density at radius 3 is 2.77 bits per heavy atom. The molecule has 1 aliphatic carbocycles. The molecular formula is C24H35N2O4+. The van der Waals surface area contributed by atoms with E-state index in [1.807, 2.05) is 13.0 Å². The number of hydrogen-bond acceptors (Lipinski definition) is 4. The zero-order valence-corrected chi connectivity index (χ0v) is 18.9. The Morgan fingerprint density at radius 2 is 2.07 bits per heavy atom. The predicted molar refractivity (Wildman–Crippen MR) is 114 cm³/mol. The largest absolute Gasteiger partial charge is 0.413 e. The minimum Gasteiger partial charge on any atom is -0.410 e. The smallest absolute Gasteiger partial charge is 0.410 e. The summed E-state index contributed by atoms with van der Waals surface area (Å²) in [7, 11) is 2.35. The van der Waals surface area contributed by atoms with Gasteiger partial charge in [0, 0.05) is 31.2 Å². The van der Waals surface area contributed by atoms with Crippen LogP contribution >= 0.6 is 0 Å². The number of aryl methyl sites for hydroxylation is 1. The standard InChI is InChI=1S/C24H34N2O4/c1-15-12-17-16(13-19(15)30-22(29)25-23(2,3)14-27)9-11-26(5)18(17)8-10-24(4)20(26)6-7-21(24)28/h12-13,18,20,27H,6-11,14H2,1-5H3/p+1. The van der Waals surface area contributed by atoms with Crippen LogP contribution in [0.1, 0.15) is 69.2 Å². The number of aliphatic hydroxyl groups is 1. The molecule has 1 saturated carbocycles. The zero-order chi connectivity index (χ0) is 21.9. The second kappa shape index (κ2) is 7.06. The number of aliphatic hydroxyl groups excluding tert-OH is 1. The topological polar surface area (TPSA) is 75.6 Å². The summed E-state index contributed by atoms with van der Waals surface area (Å²) in [5.74, 6) is 1.03. The molecule has 4 rings (SSSR count). The number of carbonyl (C=O) groups excluding carboxylic acids is 2. The molecule has 6 nitrogen and oxygen atoms in total. The molecule has 0 bridgehead atoms. The first-order valence-corrected chi connectivity index (χ1v) is 11.1. The lowest BCUT2D eigenvalue weighted by molar-refractivity contribution is -0.974. The molecule has 3 aliphatic rings. The first-order chi connectivity index (χ1) is 14.0. The highest BCUT2D eigenvalue weighted by Gasteiger charge is 2.61. The fourth-order valence-corrected chi connectivity index (χ4v) is 6.23. The highest BCUT2D eigenvalue weighted by Crippen LogP contribution is 2.56. The number of hydrogen-bond donors (Lipinski definition) is 2. The normalized spacial score (nSPS) is 32.8. The van der Waals surface area contributed by atoms with Gasteiger partial charge < -0.3 is 19.6 Å². The molecule has 1 amide bonds. The van der Waals surface area contributed by atoms with E-state index in [1.165, 1.54) is 11.1 Å². The van der Waals surface area contributed by atoms with Gasteiger partial charge in [0.15, 0.2) is 0 Å². The van der Waals surface area contributed by atoms with E-state index < -0.39 is 11.6 Å². The first-order valence-electron chi connectivity index (χ1n) is 11.1. The van der Waals surface area contributed by atoms with Crippen LogP contribution in [0.15, 0.2) is 12.1 Å². The van der Waals surface area contributed by atoms with Gasteiger partial charge in [-0.2, -0.15) is 0 Å². The number of nitrogens with zero attached hydrogens (tertiary/aromatic N) is 1. The Labute approximate surface area is 179 Å². The number of Topliss-reactive ketones (excluding diaryl/α,β-unsaturated/α-hetero) is 1. The molecule has 2 fully saturated rings. The second-order valence-corrected chi connectivity index (χ2v) is 10.6. The van der Waals surface area contributed by atoms with Gasteiger partial charge in [0.2, 0.25) is 0 Å². The minimum absolute atomic E-state index is 0.161. The number of ether oxygens (including phenoxy) is 1. The number of carbonyl (C=O) groups is 2. The Hall–Kier alpha value is -1.92. The molecule has 164 valence electrons. The molecule has 1 aromatic carbocycles. The summed E-state index contributed by atoms with van der Waals surface area (Å²) < 4.78 is 6.56. The van der Waals surface area contributed by atoms with Gasteiger partial charge in [0.05, 0.1) is 31.2 Å². The average molecular weight is 416 g/mol. The number of likely N-dealkylation sites (N-methyl/N-ethyl adjacent to an activating group) is 1. The molecule has 2 N–H and O–H groups in total. The zero-order valence-electron chi connectivity index (χ0n) is 18.9. The Bertz CT molecular complexity index is 895. The second-order valence-electron chi connectivity index (χ2n) is 10.6. The summed E-state index contributed by atoms with van der Waals surface area (Å²) in [6.45, 7) is 8.51. The van der Waals surface area contributed by atoms with Gasteiger partial charge in [-0.15, -0.1) is 0 Å². The number of fused-ring (bicyclic) bond motifs is 5. The van der Waals surface area contributed by atoms with Crippen molar-refractivity contribution in [2.24, 2.45) is 5.41 Å². The summed E-state index contributed by atoms with van der Waals surface area (Å²) in [6.07, 6.45) is 4.07. The third-order valence-corrected chi connectivity index (χ3v) is 8.08. The average Bonchev–Trinajstić information content (AvgIpc) is 2.98. The molecule has 30 heavy (non-hydrogen) atoms. The van der Waals surface area contributed by atoms with E-state index in [2.05, 4.69) is 25.4 Å². The number of rotatable bonds is 3. The van der Waals surface area contributed by atoms with E-state index in [0.717, 1.165) is 48.7 Å². The first kappa shape index (κ1) is 21.3. The predicted octanol–water partition coefficient (Wildman–Crippen LogP) is 3.43. The van der Waals surface area contributed by atoms with E-state index in [1.54, 1.807) is 13.8 Å². The molecule has 1 saturated heterocycles. The van der Waals surface area contributed by atoms with Crippen molar-refractivity contribution in [2.75, 3.05) is 20.2 Å². The van der Waals surface area contributed by atoms with Crippen molar-refractivity contribution in [3.63, 3.8) is 0 Å². The van der Waals surface area contributed by atoms with Gasteiger partial charge in [-0.3, -0.25) is 4.79 Å². The third-order valence-electron chi connectivity index (χ3n) is 8.08. The van der Waals surface area contributed by atoms with Gasteiger partial charge >= 0.3 is 6.09 Å². The van der Waals surface area contributed by atoms with Crippen molar-refractivity contribution >= 4 is 11.9 Å². The van der Waals surface area contributed by atoms with Crippen molar-refractivity contribution in [1.82, 2.24) is 5.32 Å². The SMILES string of the molecule is Cc1cc2c(cc1OC(=O)NC(C)(C)CO)CC[N+]1(C)C2CCC2(C)C(=O)CCC21. The van der Waals surface area contributed by atoms with Crippen LogP contribution in [-0.2, 0) is 11.2 Å². The van der Waals surface area contributed by atoms with E-state index in [9.17, 15) is 14.7 Å². The summed E-state index contributed by atoms with van der Waals surface area (Å²) in [4.78, 5) is 24.9. The summed E-state index contributed by atoms with van der Waals surface area (Å²) >= 11 is 0. The van der Waals surface area contributed by atoms with Crippen LogP contribution in [-0.4, -0.2) is 53.2 Å². The van der Waals surface area contributed by atoms with Gasteiger partial charge in [-0.05, 0) is 57.4 Å². The van der Waals surface area contributed by atoms with Crippen LogP contribution in [0.4, 0.5) is 4.79 Å². The monoisotopic (exact) mass is 415 g/mol. The van der Waals surface area contributed by atoms with Crippen molar-refractivity contribution < 1.29 is 23.9 Å². The third kappa shape index (κ3) is 3.25. The van der Waals surface area contributed by atoms with E-state index >= 15 is 0 Å². The number of nitrogens with one attached hydrogen (secondary N) is 1. The molecule has 4 atom stereocenters. The van der Waals surface area contributed by atoms with Crippen molar-refractivity contribution in [1.29, 1.82) is 0 Å². The lowest BCUT2D eigenvalue weighted by Gasteiger charge is -2.57. The number of ketones is 1. The summed E-state index contributed by atoms with van der Waals surface area (Å²) in [5.41, 5.74) is 2.64. The van der Waals surface area contributed by atoms with Crippen LogP contribution in [0, 0.1) is 12.3 Å². The molecule has 2 aliphatic heterocycles. The molecule has 0 aromatic heterocycles. The van der Waals surface area contributed by atoms with Gasteiger partial charge in [-0.25, -0.2) is 4.79 Å². The molecule has 4 unspecified atom stereocenters. The Kier molecular flexibility index (Phi) is 5.02. The van der Waals surface area contributed by atoms with Gasteiger partial charge in [0.1, 0.15) is 23.6 Å². The number of piperidine rings is 1. The van der Waals surface area contributed by atoms with E-state index in [0.29, 0.717) is 23.6 Å². The molecule has 6 heteroatoms. The maximum atomic E-state index is 12.6. The van der Waals surface area contributed by atoms with Gasteiger partial charge in [0.25, 0.3) is 0 Å². The highest BCUT2D eigenvalue weighted by atomic mass is 16.6. The van der Waals surface area contributed by atoms with Crippen LogP contribution in [0.25, 0.3) is 0 Å². The lowest BCUT2D eigenvalue weighted by Crippen LogP contribution is -2.64. The van der Waals surface area contributed by atoms with Crippen molar-refractivity contribution in [3.8, 4) is 5.75 Å². The molecule has 1 aromatic rings. The highest BCUT2D eigenvalue weighted by molar-refractivity contribution is 5.87. The van der Waals surface area contributed by atoms with E-state index in [-0.39, 0.29) is 12.0 Å². The fraction of sp³-hybridized carbons (Fsp3) is 0.667. The fourth-order valence-electron chi connectivity index (χ4n) is 6.23. The summed E-state index contributed by atoms with van der Waals surface area (Å²) in [5, 5.41) is 12.1. The Balaban J connectivity index is 1.61. The maximum absolute atomic E-state index is 12.6. The molecule has 2 heterocycles. The quantitative estimate of drug-likeness (QED) is 0.742. The molecule has 0 spiro atoms. The van der Waals surface area contributed by atoms with E-state index in [4.69, 9.17) is 4.74 Å². The number of benzene rings is 1. The maximum Gasteiger partial charge on any atom is 0.413 e.